The number of aliphatic hydroxyl groups is 2. The van der Waals surface area contributed by atoms with Crippen molar-refractivity contribution in [3.8, 4) is 0 Å². The summed E-state index contributed by atoms with van der Waals surface area (Å²) in [7, 11) is 3.85. The van der Waals surface area contributed by atoms with Gasteiger partial charge in [0.25, 0.3) is 0 Å². The van der Waals surface area contributed by atoms with Crippen LogP contribution in [0.4, 0.5) is 0 Å². The van der Waals surface area contributed by atoms with Crippen molar-refractivity contribution < 1.29 is 10.2 Å². The lowest BCUT2D eigenvalue weighted by Gasteiger charge is -2.18. The summed E-state index contributed by atoms with van der Waals surface area (Å²) in [6.45, 7) is 5.91. The van der Waals surface area contributed by atoms with Gasteiger partial charge in [-0.2, -0.15) is 0 Å². The van der Waals surface area contributed by atoms with Gasteiger partial charge in [0, 0.05) is 19.6 Å². The standard InChI is InChI=1S/C11H26N2O2/c1-9(2)5-10(14)6-12-7-11(15)8-13(3)4/h9-12,14-15H,5-8H2,1-4H3. The highest BCUT2D eigenvalue weighted by Gasteiger charge is 2.08. The molecule has 4 nitrogen and oxygen atoms in total. The van der Waals surface area contributed by atoms with E-state index in [2.05, 4.69) is 19.2 Å². The van der Waals surface area contributed by atoms with E-state index < -0.39 is 0 Å². The molecule has 3 N–H and O–H groups in total. The lowest BCUT2D eigenvalue weighted by Crippen LogP contribution is -2.38. The van der Waals surface area contributed by atoms with Crippen LogP contribution in [0.25, 0.3) is 0 Å². The van der Waals surface area contributed by atoms with Crippen molar-refractivity contribution in [1.82, 2.24) is 10.2 Å². The van der Waals surface area contributed by atoms with E-state index in [4.69, 9.17) is 0 Å². The lowest BCUT2D eigenvalue weighted by atomic mass is 10.1. The first-order valence-corrected chi connectivity index (χ1v) is 5.63. The molecule has 2 atom stereocenters. The van der Waals surface area contributed by atoms with Gasteiger partial charge in [-0.15, -0.1) is 0 Å². The topological polar surface area (TPSA) is 55.7 Å². The van der Waals surface area contributed by atoms with E-state index >= 15 is 0 Å². The maximum Gasteiger partial charge on any atom is 0.0791 e. The van der Waals surface area contributed by atoms with Crippen LogP contribution in [0, 0.1) is 5.92 Å². The van der Waals surface area contributed by atoms with Crippen molar-refractivity contribution in [2.45, 2.75) is 32.5 Å². The van der Waals surface area contributed by atoms with Crippen molar-refractivity contribution in [1.29, 1.82) is 0 Å². The van der Waals surface area contributed by atoms with Gasteiger partial charge in [-0.25, -0.2) is 0 Å². The number of likely N-dealkylation sites (N-methyl/N-ethyl adjacent to an activating group) is 1. The Balaban J connectivity index is 3.44. The zero-order valence-electron chi connectivity index (χ0n) is 10.4. The molecular weight excluding hydrogens is 192 g/mol. The second-order valence-corrected chi connectivity index (χ2v) is 4.86. The van der Waals surface area contributed by atoms with Crippen LogP contribution >= 0.6 is 0 Å². The van der Waals surface area contributed by atoms with Gasteiger partial charge in [0.2, 0.25) is 0 Å². The summed E-state index contributed by atoms with van der Waals surface area (Å²) >= 11 is 0. The molecule has 0 amide bonds. The Kier molecular flexibility index (Phi) is 7.96. The number of nitrogens with one attached hydrogen (secondary N) is 1. The fourth-order valence-corrected chi connectivity index (χ4v) is 1.53. The quantitative estimate of drug-likeness (QED) is 0.533. The molecule has 0 saturated heterocycles. The molecular formula is C11H26N2O2. The van der Waals surface area contributed by atoms with Crippen LogP contribution in [0.1, 0.15) is 20.3 Å². The van der Waals surface area contributed by atoms with Crippen LogP contribution < -0.4 is 5.32 Å². The third-order valence-corrected chi connectivity index (χ3v) is 2.08. The summed E-state index contributed by atoms with van der Waals surface area (Å²) in [5.41, 5.74) is 0. The second-order valence-electron chi connectivity index (χ2n) is 4.86. The number of aliphatic hydroxyl groups excluding tert-OH is 2. The fraction of sp³-hybridized carbons (Fsp3) is 1.00. The molecule has 0 aliphatic heterocycles. The Morgan fingerprint density at radius 1 is 1.07 bits per heavy atom. The minimum Gasteiger partial charge on any atom is -0.392 e. The molecule has 0 aliphatic rings. The van der Waals surface area contributed by atoms with E-state index in [0.717, 1.165) is 6.42 Å². The molecule has 0 spiro atoms. The third-order valence-electron chi connectivity index (χ3n) is 2.08. The average Bonchev–Trinajstić information content (AvgIpc) is 2.00. The van der Waals surface area contributed by atoms with Gasteiger partial charge in [-0.3, -0.25) is 0 Å². The van der Waals surface area contributed by atoms with Gasteiger partial charge < -0.3 is 20.4 Å². The third kappa shape index (κ3) is 10.1. The molecule has 0 saturated carbocycles. The summed E-state index contributed by atoms with van der Waals surface area (Å²) < 4.78 is 0. The molecule has 0 aromatic rings. The first-order chi connectivity index (χ1) is 6.91. The average molecular weight is 218 g/mol. The number of nitrogens with zero attached hydrogens (tertiary/aromatic N) is 1. The van der Waals surface area contributed by atoms with Crippen molar-refractivity contribution in [2.24, 2.45) is 5.92 Å². The van der Waals surface area contributed by atoms with Gasteiger partial charge >= 0.3 is 0 Å². The molecule has 0 fully saturated rings. The highest BCUT2D eigenvalue weighted by atomic mass is 16.3. The number of hydrogen-bond donors (Lipinski definition) is 3. The maximum absolute atomic E-state index is 9.56. The Morgan fingerprint density at radius 3 is 2.07 bits per heavy atom. The van der Waals surface area contributed by atoms with Crippen LogP contribution in [-0.2, 0) is 0 Å². The van der Waals surface area contributed by atoms with Gasteiger partial charge in [0.15, 0.2) is 0 Å². The van der Waals surface area contributed by atoms with Crippen molar-refractivity contribution in [3.05, 3.63) is 0 Å². The minimum absolute atomic E-state index is 0.309. The Morgan fingerprint density at radius 2 is 1.60 bits per heavy atom. The predicted molar refractivity (Wildman–Crippen MR) is 62.9 cm³/mol. The van der Waals surface area contributed by atoms with Crippen LogP contribution in [0.3, 0.4) is 0 Å². The summed E-state index contributed by atoms with van der Waals surface area (Å²) in [6.07, 6.45) is 0.124. The number of rotatable bonds is 8. The Hall–Kier alpha value is -0.160. The lowest BCUT2D eigenvalue weighted by molar-refractivity contribution is 0.116. The van der Waals surface area contributed by atoms with Crippen molar-refractivity contribution >= 4 is 0 Å². The van der Waals surface area contributed by atoms with Crippen LogP contribution in [0.2, 0.25) is 0 Å². The van der Waals surface area contributed by atoms with E-state index in [9.17, 15) is 10.2 Å². The molecule has 4 heteroatoms. The summed E-state index contributed by atoms with van der Waals surface area (Å²) in [5, 5.41) is 22.2. The monoisotopic (exact) mass is 218 g/mol. The van der Waals surface area contributed by atoms with E-state index in [1.54, 1.807) is 0 Å². The van der Waals surface area contributed by atoms with Crippen LogP contribution in [0.15, 0.2) is 0 Å². The minimum atomic E-state index is -0.369. The molecule has 0 bridgehead atoms. The van der Waals surface area contributed by atoms with Crippen molar-refractivity contribution in [3.63, 3.8) is 0 Å². The zero-order chi connectivity index (χ0) is 11.8. The molecule has 2 unspecified atom stereocenters. The molecule has 0 aromatic heterocycles. The zero-order valence-corrected chi connectivity index (χ0v) is 10.4. The molecule has 0 rings (SSSR count). The van der Waals surface area contributed by atoms with Crippen LogP contribution in [0.5, 0.6) is 0 Å². The van der Waals surface area contributed by atoms with Gasteiger partial charge in [0.05, 0.1) is 12.2 Å². The van der Waals surface area contributed by atoms with Gasteiger partial charge in [0.1, 0.15) is 0 Å². The Labute approximate surface area is 93.3 Å². The predicted octanol–water partition coefficient (Wildman–Crippen LogP) is -0.0945. The van der Waals surface area contributed by atoms with E-state index in [-0.39, 0.29) is 12.2 Å². The van der Waals surface area contributed by atoms with Gasteiger partial charge in [-0.1, -0.05) is 13.8 Å². The maximum atomic E-state index is 9.56. The molecule has 92 valence electrons. The smallest absolute Gasteiger partial charge is 0.0791 e. The summed E-state index contributed by atoms with van der Waals surface area (Å²) in [6, 6.07) is 0. The Bertz CT molecular complexity index is 136. The molecule has 0 aromatic carbocycles. The molecule has 0 aliphatic carbocycles. The molecule has 0 radical (unpaired) electrons. The molecule has 0 heterocycles. The highest BCUT2D eigenvalue weighted by Crippen LogP contribution is 2.03. The molecule has 15 heavy (non-hydrogen) atoms. The first-order valence-electron chi connectivity index (χ1n) is 5.63. The second kappa shape index (κ2) is 8.05. The van der Waals surface area contributed by atoms with Crippen LogP contribution in [-0.4, -0.2) is 61.1 Å². The van der Waals surface area contributed by atoms with Gasteiger partial charge in [-0.05, 0) is 26.4 Å². The first kappa shape index (κ1) is 14.8. The number of hydrogen-bond acceptors (Lipinski definition) is 4. The fourth-order valence-electron chi connectivity index (χ4n) is 1.53. The van der Waals surface area contributed by atoms with E-state index in [1.165, 1.54) is 0 Å². The normalized spacial score (nSPS) is 16.0. The summed E-state index contributed by atoms with van der Waals surface area (Å²) in [5.74, 6) is 0.508. The van der Waals surface area contributed by atoms with Crippen molar-refractivity contribution in [2.75, 3.05) is 33.7 Å². The van der Waals surface area contributed by atoms with E-state index in [1.807, 2.05) is 19.0 Å². The van der Waals surface area contributed by atoms with E-state index in [0.29, 0.717) is 25.6 Å². The summed E-state index contributed by atoms with van der Waals surface area (Å²) in [4.78, 5) is 1.94. The SMILES string of the molecule is CC(C)CC(O)CNCC(O)CN(C)C. The highest BCUT2D eigenvalue weighted by molar-refractivity contribution is 4.66. The largest absolute Gasteiger partial charge is 0.392 e.